The van der Waals surface area contributed by atoms with Gasteiger partial charge in [-0.2, -0.15) is 0 Å². The van der Waals surface area contributed by atoms with Crippen molar-refractivity contribution in [2.75, 3.05) is 11.9 Å². The van der Waals surface area contributed by atoms with E-state index in [0.717, 1.165) is 5.56 Å². The highest BCUT2D eigenvalue weighted by molar-refractivity contribution is 6.30. The first kappa shape index (κ1) is 26.4. The highest BCUT2D eigenvalue weighted by atomic mass is 35.5. The summed E-state index contributed by atoms with van der Waals surface area (Å²) in [6.07, 6.45) is -0.405. The van der Waals surface area contributed by atoms with Gasteiger partial charge in [-0.15, -0.1) is 0 Å². The zero-order valence-corrected chi connectivity index (χ0v) is 20.9. The van der Waals surface area contributed by atoms with Crippen molar-refractivity contribution >= 4 is 29.0 Å². The minimum absolute atomic E-state index is 0.0633. The number of Topliss-reactive ketones (excluding diaryl/α,β-unsaturated/α-hetero) is 1. The number of aliphatic hydroxyl groups is 1. The fraction of sp³-hybridized carbons (Fsp3) is 0.286. The SMILES string of the molecule is CC(NCCC(=O)c1cccc(NC(=O)C(C)(C)Oc2ccc(Cl)cc2)c1)C(O)c1ccccc1. The van der Waals surface area contributed by atoms with Crippen molar-refractivity contribution in [3.05, 3.63) is 95.0 Å². The number of carbonyl (C=O) groups is 2. The molecule has 3 rings (SSSR count). The summed E-state index contributed by atoms with van der Waals surface area (Å²) in [7, 11) is 0. The molecule has 2 atom stereocenters. The van der Waals surface area contributed by atoms with E-state index in [0.29, 0.717) is 28.6 Å². The summed E-state index contributed by atoms with van der Waals surface area (Å²) in [6, 6.07) is 22.8. The van der Waals surface area contributed by atoms with Gasteiger partial charge in [0.1, 0.15) is 5.75 Å². The van der Waals surface area contributed by atoms with E-state index >= 15 is 0 Å². The van der Waals surface area contributed by atoms with Crippen LogP contribution >= 0.6 is 11.6 Å². The number of anilines is 1. The number of ketones is 1. The maximum absolute atomic E-state index is 12.8. The Bertz CT molecular complexity index is 1130. The molecule has 1 amide bonds. The number of ether oxygens (including phenoxy) is 1. The van der Waals surface area contributed by atoms with E-state index in [1.54, 1.807) is 62.4 Å². The van der Waals surface area contributed by atoms with Crippen LogP contribution in [-0.4, -0.2) is 35.0 Å². The molecule has 2 unspecified atom stereocenters. The van der Waals surface area contributed by atoms with Crippen molar-refractivity contribution < 1.29 is 19.4 Å². The number of benzene rings is 3. The molecular formula is C28H31ClN2O4. The molecule has 3 aromatic rings. The number of halogens is 1. The lowest BCUT2D eigenvalue weighted by molar-refractivity contribution is -0.128. The van der Waals surface area contributed by atoms with E-state index in [9.17, 15) is 14.7 Å². The number of hydrogen-bond donors (Lipinski definition) is 3. The summed E-state index contributed by atoms with van der Waals surface area (Å²) < 4.78 is 5.83. The molecule has 3 N–H and O–H groups in total. The smallest absolute Gasteiger partial charge is 0.267 e. The molecule has 0 radical (unpaired) electrons. The van der Waals surface area contributed by atoms with Gasteiger partial charge in [-0.25, -0.2) is 0 Å². The summed E-state index contributed by atoms with van der Waals surface area (Å²) in [5.41, 5.74) is 0.685. The van der Waals surface area contributed by atoms with Crippen molar-refractivity contribution in [3.63, 3.8) is 0 Å². The third-order valence-electron chi connectivity index (χ3n) is 5.61. The van der Waals surface area contributed by atoms with Crippen LogP contribution in [0.5, 0.6) is 5.75 Å². The monoisotopic (exact) mass is 494 g/mol. The van der Waals surface area contributed by atoms with Crippen LogP contribution in [0.3, 0.4) is 0 Å². The van der Waals surface area contributed by atoms with Gasteiger partial charge in [0.25, 0.3) is 5.91 Å². The topological polar surface area (TPSA) is 87.7 Å². The number of hydrogen-bond acceptors (Lipinski definition) is 5. The Morgan fingerprint density at radius 3 is 2.37 bits per heavy atom. The van der Waals surface area contributed by atoms with Crippen LogP contribution < -0.4 is 15.4 Å². The van der Waals surface area contributed by atoms with Gasteiger partial charge >= 0.3 is 0 Å². The zero-order valence-electron chi connectivity index (χ0n) is 20.1. The molecule has 0 spiro atoms. The average Bonchev–Trinajstić information content (AvgIpc) is 2.85. The van der Waals surface area contributed by atoms with Gasteiger partial charge in [0.05, 0.1) is 6.10 Å². The molecule has 0 saturated heterocycles. The van der Waals surface area contributed by atoms with Crippen molar-refractivity contribution in [1.29, 1.82) is 0 Å². The number of amides is 1. The first-order valence-electron chi connectivity index (χ1n) is 11.5. The Balaban J connectivity index is 1.53. The fourth-order valence-corrected chi connectivity index (χ4v) is 3.63. The van der Waals surface area contributed by atoms with E-state index < -0.39 is 11.7 Å². The number of aliphatic hydroxyl groups excluding tert-OH is 1. The summed E-state index contributed by atoms with van der Waals surface area (Å²) >= 11 is 5.90. The second-order valence-corrected chi connectivity index (χ2v) is 9.31. The average molecular weight is 495 g/mol. The molecule has 35 heavy (non-hydrogen) atoms. The van der Waals surface area contributed by atoms with Crippen molar-refractivity contribution in [2.24, 2.45) is 0 Å². The Morgan fingerprint density at radius 2 is 1.69 bits per heavy atom. The largest absolute Gasteiger partial charge is 0.478 e. The quantitative estimate of drug-likeness (QED) is 0.310. The van der Waals surface area contributed by atoms with Gasteiger partial charge in [0.2, 0.25) is 0 Å². The van der Waals surface area contributed by atoms with E-state index in [2.05, 4.69) is 10.6 Å². The molecule has 184 valence electrons. The molecule has 0 heterocycles. The van der Waals surface area contributed by atoms with Crippen LogP contribution in [0.2, 0.25) is 5.02 Å². The Hall–Kier alpha value is -3.19. The Labute approximate surface area is 211 Å². The fourth-order valence-electron chi connectivity index (χ4n) is 3.50. The van der Waals surface area contributed by atoms with E-state index in [1.807, 2.05) is 37.3 Å². The van der Waals surface area contributed by atoms with Crippen LogP contribution in [-0.2, 0) is 4.79 Å². The normalized spacial score (nSPS) is 13.1. The third kappa shape index (κ3) is 7.65. The van der Waals surface area contributed by atoms with Crippen LogP contribution in [0, 0.1) is 0 Å². The molecule has 0 bridgehead atoms. The molecular weight excluding hydrogens is 464 g/mol. The van der Waals surface area contributed by atoms with Gasteiger partial charge in [0, 0.05) is 35.3 Å². The lowest BCUT2D eigenvalue weighted by atomic mass is 10.0. The van der Waals surface area contributed by atoms with Crippen molar-refractivity contribution in [2.45, 2.75) is 44.9 Å². The van der Waals surface area contributed by atoms with Gasteiger partial charge in [-0.05, 0) is 62.7 Å². The minimum atomic E-state index is -1.15. The molecule has 0 fully saturated rings. The summed E-state index contributed by atoms with van der Waals surface area (Å²) in [6.45, 7) is 5.64. The highest BCUT2D eigenvalue weighted by Gasteiger charge is 2.30. The van der Waals surface area contributed by atoms with Gasteiger partial charge in [-0.1, -0.05) is 54.1 Å². The van der Waals surface area contributed by atoms with Gasteiger partial charge < -0.3 is 20.5 Å². The van der Waals surface area contributed by atoms with E-state index in [1.165, 1.54) is 0 Å². The first-order chi connectivity index (χ1) is 16.7. The summed E-state index contributed by atoms with van der Waals surface area (Å²) in [4.78, 5) is 25.6. The predicted molar refractivity (Wildman–Crippen MR) is 139 cm³/mol. The lowest BCUT2D eigenvalue weighted by Crippen LogP contribution is -2.42. The molecule has 7 heteroatoms. The number of nitrogens with one attached hydrogen (secondary N) is 2. The summed E-state index contributed by atoms with van der Waals surface area (Å²) in [5.74, 6) is 0.117. The number of rotatable bonds is 11. The zero-order chi connectivity index (χ0) is 25.4. The lowest BCUT2D eigenvalue weighted by Gasteiger charge is -2.25. The Morgan fingerprint density at radius 1 is 1.00 bits per heavy atom. The van der Waals surface area contributed by atoms with Crippen LogP contribution in [0.4, 0.5) is 5.69 Å². The third-order valence-corrected chi connectivity index (χ3v) is 5.86. The second-order valence-electron chi connectivity index (χ2n) is 8.87. The first-order valence-corrected chi connectivity index (χ1v) is 11.9. The van der Waals surface area contributed by atoms with Crippen LogP contribution in [0.1, 0.15) is 49.2 Å². The maximum Gasteiger partial charge on any atom is 0.267 e. The van der Waals surface area contributed by atoms with Gasteiger partial charge in [-0.3, -0.25) is 9.59 Å². The molecule has 6 nitrogen and oxygen atoms in total. The molecule has 0 saturated carbocycles. The molecule has 0 aliphatic rings. The molecule has 0 aromatic heterocycles. The van der Waals surface area contributed by atoms with E-state index in [4.69, 9.17) is 16.3 Å². The highest BCUT2D eigenvalue weighted by Crippen LogP contribution is 2.23. The maximum atomic E-state index is 12.8. The molecule has 3 aromatic carbocycles. The molecule has 0 aliphatic heterocycles. The van der Waals surface area contributed by atoms with Crippen LogP contribution in [0.25, 0.3) is 0 Å². The van der Waals surface area contributed by atoms with Crippen molar-refractivity contribution in [3.8, 4) is 5.75 Å². The summed E-state index contributed by atoms with van der Waals surface area (Å²) in [5, 5.41) is 17.1. The Kier molecular flexibility index (Phi) is 9.04. The second kappa shape index (κ2) is 12.0. The predicted octanol–water partition coefficient (Wildman–Crippen LogP) is 5.42. The number of carbonyl (C=O) groups excluding carboxylic acids is 2. The molecule has 0 aliphatic carbocycles. The standard InChI is InChI=1S/C28H31ClN2O4/c1-19(26(33)20-8-5-4-6-9-20)30-17-16-25(32)21-10-7-11-23(18-21)31-27(34)28(2,3)35-24-14-12-22(29)13-15-24/h4-15,18-19,26,30,33H,16-17H2,1-3H3,(H,31,34). The minimum Gasteiger partial charge on any atom is -0.478 e. The van der Waals surface area contributed by atoms with E-state index in [-0.39, 0.29) is 24.2 Å². The van der Waals surface area contributed by atoms with Gasteiger partial charge in [0.15, 0.2) is 11.4 Å². The van der Waals surface area contributed by atoms with Crippen LogP contribution in [0.15, 0.2) is 78.9 Å². The van der Waals surface area contributed by atoms with Crippen molar-refractivity contribution in [1.82, 2.24) is 5.32 Å².